The van der Waals surface area contributed by atoms with E-state index in [0.717, 1.165) is 34.4 Å². The minimum absolute atomic E-state index is 0.602. The van der Waals surface area contributed by atoms with Gasteiger partial charge in [-0.15, -0.1) is 0 Å². The predicted molar refractivity (Wildman–Crippen MR) is 115 cm³/mol. The van der Waals surface area contributed by atoms with Gasteiger partial charge in [0.1, 0.15) is 0 Å². The summed E-state index contributed by atoms with van der Waals surface area (Å²) in [6.45, 7) is 3.69. The molecule has 0 radical (unpaired) electrons. The molecular weight excluding hydrogens is 344 g/mol. The van der Waals surface area contributed by atoms with Crippen molar-refractivity contribution in [1.29, 1.82) is 0 Å². The van der Waals surface area contributed by atoms with Gasteiger partial charge in [-0.2, -0.15) is 0 Å². The zero-order valence-electron chi connectivity index (χ0n) is 15.4. The first-order chi connectivity index (χ1) is 13.8. The van der Waals surface area contributed by atoms with Crippen LogP contribution in [0.25, 0.3) is 28.6 Å². The molecule has 2 heterocycles. The van der Waals surface area contributed by atoms with E-state index in [1.165, 1.54) is 0 Å². The standard InChI is InChI=1S/C13H11N.C12H9NO/c1-2-11-8-9-13(14-10-11)12-6-4-3-5-7-12;14-9-10-6-7-12(13-8-10)11-4-2-1-3-5-11/h2-10H,1H2;1-9H. The lowest BCUT2D eigenvalue weighted by molar-refractivity contribution is 0.112. The molecule has 0 saturated heterocycles. The Bertz CT molecular complexity index is 923. The summed E-state index contributed by atoms with van der Waals surface area (Å²) in [6, 6.07) is 27.6. The number of aldehydes is 1. The second-order valence-electron chi connectivity index (χ2n) is 6.01. The van der Waals surface area contributed by atoms with Crippen LogP contribution in [0.3, 0.4) is 0 Å². The van der Waals surface area contributed by atoms with Crippen molar-refractivity contribution < 1.29 is 4.79 Å². The van der Waals surface area contributed by atoms with Crippen LogP contribution in [0.1, 0.15) is 15.9 Å². The van der Waals surface area contributed by atoms with E-state index in [9.17, 15) is 4.79 Å². The zero-order chi connectivity index (χ0) is 19.6. The molecule has 0 aliphatic carbocycles. The Morgan fingerprint density at radius 1 is 0.607 bits per heavy atom. The van der Waals surface area contributed by atoms with E-state index >= 15 is 0 Å². The Morgan fingerprint density at radius 2 is 1.07 bits per heavy atom. The first-order valence-electron chi connectivity index (χ1n) is 8.90. The van der Waals surface area contributed by atoms with E-state index in [1.807, 2.05) is 72.9 Å². The number of carbonyl (C=O) groups excluding carboxylic acids is 1. The summed E-state index contributed by atoms with van der Waals surface area (Å²) in [7, 11) is 0. The van der Waals surface area contributed by atoms with Crippen molar-refractivity contribution in [1.82, 2.24) is 9.97 Å². The number of aromatic nitrogens is 2. The molecule has 0 aliphatic heterocycles. The van der Waals surface area contributed by atoms with Gasteiger partial charge in [0.2, 0.25) is 0 Å². The SMILES string of the molecule is C=Cc1ccc(-c2ccccc2)nc1.O=Cc1ccc(-c2ccccc2)nc1. The van der Waals surface area contributed by atoms with Crippen molar-refractivity contribution >= 4 is 12.4 Å². The fourth-order valence-electron chi connectivity index (χ4n) is 2.56. The lowest BCUT2D eigenvalue weighted by Crippen LogP contribution is -1.85. The van der Waals surface area contributed by atoms with Gasteiger partial charge in [0.05, 0.1) is 11.4 Å². The molecule has 0 atom stereocenters. The minimum Gasteiger partial charge on any atom is -0.298 e. The fraction of sp³-hybridized carbons (Fsp3) is 0. The number of benzene rings is 2. The molecule has 0 spiro atoms. The summed E-state index contributed by atoms with van der Waals surface area (Å²) >= 11 is 0. The molecule has 0 bridgehead atoms. The molecule has 4 aromatic rings. The number of pyridine rings is 2. The largest absolute Gasteiger partial charge is 0.298 e. The lowest BCUT2D eigenvalue weighted by Gasteiger charge is -2.00. The van der Waals surface area contributed by atoms with Crippen molar-refractivity contribution in [3.63, 3.8) is 0 Å². The Hall–Kier alpha value is -3.85. The average molecular weight is 364 g/mol. The average Bonchev–Trinajstić information content (AvgIpc) is 2.81. The molecule has 0 amide bonds. The maximum Gasteiger partial charge on any atom is 0.151 e. The first kappa shape index (κ1) is 18.9. The number of rotatable bonds is 4. The Labute approximate surface area is 165 Å². The highest BCUT2D eigenvalue weighted by Crippen LogP contribution is 2.16. The van der Waals surface area contributed by atoms with Gasteiger partial charge < -0.3 is 0 Å². The van der Waals surface area contributed by atoms with Gasteiger partial charge in [-0.3, -0.25) is 14.8 Å². The molecule has 0 unspecified atom stereocenters. The van der Waals surface area contributed by atoms with E-state index in [1.54, 1.807) is 18.3 Å². The van der Waals surface area contributed by atoms with Gasteiger partial charge in [0, 0.05) is 29.1 Å². The predicted octanol–water partition coefficient (Wildman–Crippen LogP) is 5.95. The molecule has 0 aliphatic rings. The zero-order valence-corrected chi connectivity index (χ0v) is 15.4. The van der Waals surface area contributed by atoms with Crippen molar-refractivity contribution in [3.05, 3.63) is 115 Å². The number of hydrogen-bond donors (Lipinski definition) is 0. The molecule has 2 aromatic heterocycles. The highest BCUT2D eigenvalue weighted by molar-refractivity contribution is 5.75. The van der Waals surface area contributed by atoms with Crippen LogP contribution < -0.4 is 0 Å². The third-order valence-corrected chi connectivity index (χ3v) is 4.08. The van der Waals surface area contributed by atoms with Crippen LogP contribution in [0, 0.1) is 0 Å². The smallest absolute Gasteiger partial charge is 0.151 e. The molecule has 136 valence electrons. The van der Waals surface area contributed by atoms with Gasteiger partial charge in [-0.05, 0) is 23.8 Å². The fourth-order valence-corrected chi connectivity index (χ4v) is 2.56. The molecule has 0 N–H and O–H groups in total. The molecule has 4 rings (SSSR count). The number of hydrogen-bond acceptors (Lipinski definition) is 3. The molecule has 28 heavy (non-hydrogen) atoms. The van der Waals surface area contributed by atoms with E-state index in [4.69, 9.17) is 0 Å². The van der Waals surface area contributed by atoms with Crippen molar-refractivity contribution in [3.8, 4) is 22.5 Å². The van der Waals surface area contributed by atoms with Gasteiger partial charge in [0.25, 0.3) is 0 Å². The maximum atomic E-state index is 10.4. The molecular formula is C25H20N2O. The third-order valence-electron chi connectivity index (χ3n) is 4.08. The molecule has 2 aromatic carbocycles. The van der Waals surface area contributed by atoms with Gasteiger partial charge >= 0.3 is 0 Å². The monoisotopic (exact) mass is 364 g/mol. The van der Waals surface area contributed by atoms with Gasteiger partial charge in [-0.1, -0.05) is 79.4 Å². The van der Waals surface area contributed by atoms with Crippen molar-refractivity contribution in [2.75, 3.05) is 0 Å². The van der Waals surface area contributed by atoms with Crippen LogP contribution in [0.5, 0.6) is 0 Å². The van der Waals surface area contributed by atoms with Crippen LogP contribution in [0.15, 0.2) is 104 Å². The number of carbonyl (C=O) groups is 1. The van der Waals surface area contributed by atoms with Crippen LogP contribution in [0.4, 0.5) is 0 Å². The van der Waals surface area contributed by atoms with Crippen LogP contribution in [0.2, 0.25) is 0 Å². The third kappa shape index (κ3) is 5.08. The van der Waals surface area contributed by atoms with E-state index in [0.29, 0.717) is 5.56 Å². The van der Waals surface area contributed by atoms with Gasteiger partial charge in [-0.25, -0.2) is 0 Å². The maximum absolute atomic E-state index is 10.4. The highest BCUT2D eigenvalue weighted by Gasteiger charge is 1.97. The molecule has 0 saturated carbocycles. The summed E-state index contributed by atoms with van der Waals surface area (Å²) in [6.07, 6.45) is 5.99. The van der Waals surface area contributed by atoms with Crippen molar-refractivity contribution in [2.24, 2.45) is 0 Å². The Balaban J connectivity index is 0.000000161. The first-order valence-corrected chi connectivity index (χ1v) is 8.90. The summed E-state index contributed by atoms with van der Waals surface area (Å²) in [4.78, 5) is 19.0. The molecule has 3 heteroatoms. The number of nitrogens with zero attached hydrogens (tertiary/aromatic N) is 2. The van der Waals surface area contributed by atoms with E-state index in [-0.39, 0.29) is 0 Å². The highest BCUT2D eigenvalue weighted by atomic mass is 16.1. The molecule has 3 nitrogen and oxygen atoms in total. The van der Waals surface area contributed by atoms with Crippen LogP contribution >= 0.6 is 0 Å². The topological polar surface area (TPSA) is 42.9 Å². The lowest BCUT2D eigenvalue weighted by atomic mass is 10.1. The van der Waals surface area contributed by atoms with Crippen molar-refractivity contribution in [2.45, 2.75) is 0 Å². The van der Waals surface area contributed by atoms with Gasteiger partial charge in [0.15, 0.2) is 6.29 Å². The summed E-state index contributed by atoms with van der Waals surface area (Å²) in [5.41, 5.74) is 5.73. The quantitative estimate of drug-likeness (QED) is 0.420. The second kappa shape index (κ2) is 9.74. The summed E-state index contributed by atoms with van der Waals surface area (Å²) in [5, 5.41) is 0. The second-order valence-corrected chi connectivity index (χ2v) is 6.01. The summed E-state index contributed by atoms with van der Waals surface area (Å²) < 4.78 is 0. The minimum atomic E-state index is 0.602. The van der Waals surface area contributed by atoms with E-state index in [2.05, 4.69) is 28.7 Å². The Morgan fingerprint density at radius 3 is 1.43 bits per heavy atom. The van der Waals surface area contributed by atoms with Crippen LogP contribution in [-0.2, 0) is 0 Å². The normalized spacial score (nSPS) is 9.71. The Kier molecular flexibility index (Phi) is 6.58. The van der Waals surface area contributed by atoms with E-state index < -0.39 is 0 Å². The van der Waals surface area contributed by atoms with Crippen LogP contribution in [-0.4, -0.2) is 16.3 Å². The molecule has 0 fully saturated rings. The summed E-state index contributed by atoms with van der Waals surface area (Å²) in [5.74, 6) is 0.